The highest BCUT2D eigenvalue weighted by molar-refractivity contribution is 6.00. The molecule has 0 aliphatic carbocycles. The van der Waals surface area contributed by atoms with Crippen LogP contribution in [0.15, 0.2) is 36.9 Å². The molecule has 0 saturated heterocycles. The van der Waals surface area contributed by atoms with Crippen molar-refractivity contribution in [1.29, 1.82) is 0 Å². The zero-order chi connectivity index (χ0) is 14.4. The number of allylic oxidation sites excluding steroid dienone is 1. The van der Waals surface area contributed by atoms with Gasteiger partial charge in [-0.25, -0.2) is 0 Å². The van der Waals surface area contributed by atoms with Crippen LogP contribution in [0.2, 0.25) is 0 Å². The van der Waals surface area contributed by atoms with E-state index in [0.717, 1.165) is 20.9 Å². The number of rotatable bonds is 4. The Labute approximate surface area is 115 Å². The third kappa shape index (κ3) is 3.55. The van der Waals surface area contributed by atoms with Crippen LogP contribution in [0.4, 0.5) is 0 Å². The Morgan fingerprint density at radius 3 is 2.47 bits per heavy atom. The van der Waals surface area contributed by atoms with Crippen molar-refractivity contribution in [2.75, 3.05) is 6.54 Å². The van der Waals surface area contributed by atoms with Crippen molar-refractivity contribution in [2.45, 2.75) is 6.92 Å². The van der Waals surface area contributed by atoms with Crippen LogP contribution in [0.5, 0.6) is 0 Å². The summed E-state index contributed by atoms with van der Waals surface area (Å²) in [6.45, 7) is 17.9. The van der Waals surface area contributed by atoms with Crippen LogP contribution in [-0.2, 0) is 4.79 Å². The molecular formula is C17H21NO. The number of likely N-dealkylation sites (N-methyl/N-ethyl adjacent to an activating group) is 1. The molecular weight excluding hydrogens is 234 g/mol. The fourth-order valence-corrected chi connectivity index (χ4v) is 1.67. The number of carbonyl (C=O) groups is 1. The van der Waals surface area contributed by atoms with Gasteiger partial charge in [0, 0.05) is 13.5 Å². The average molecular weight is 255 g/mol. The minimum absolute atomic E-state index is 0. The summed E-state index contributed by atoms with van der Waals surface area (Å²) >= 11 is 0. The zero-order valence-corrected chi connectivity index (χ0v) is 11.3. The lowest BCUT2D eigenvalue weighted by molar-refractivity contribution is -0.116. The Bertz CT molecular complexity index is 731. The second-order valence-electron chi connectivity index (χ2n) is 4.13. The van der Waals surface area contributed by atoms with E-state index in [4.69, 9.17) is 0 Å². The Morgan fingerprint density at radius 2 is 1.89 bits per heavy atom. The van der Waals surface area contributed by atoms with Crippen LogP contribution < -0.4 is 26.2 Å². The molecule has 1 N–H and O–H groups in total. The van der Waals surface area contributed by atoms with Crippen molar-refractivity contribution < 1.29 is 6.22 Å². The topological polar surface area (TPSA) is 29.1 Å². The number of nitrogens with one attached hydrogen (secondary N) is 1. The van der Waals surface area contributed by atoms with E-state index >= 15 is 0 Å². The van der Waals surface area contributed by atoms with Gasteiger partial charge in [-0.2, -0.15) is 0 Å². The first-order valence-electron chi connectivity index (χ1n) is 6.09. The van der Waals surface area contributed by atoms with Gasteiger partial charge in [-0.05, 0) is 33.9 Å². The van der Waals surface area contributed by atoms with Gasteiger partial charge < -0.3 is 5.32 Å². The lowest BCUT2D eigenvalue weighted by Gasteiger charge is -2.00. The first kappa shape index (κ1) is 14.7. The van der Waals surface area contributed by atoms with E-state index in [-0.39, 0.29) is 7.33 Å². The van der Waals surface area contributed by atoms with Crippen molar-refractivity contribution in [1.82, 2.24) is 5.32 Å². The second kappa shape index (κ2) is 6.55. The Hall–Kier alpha value is -2.35. The van der Waals surface area contributed by atoms with Crippen molar-refractivity contribution in [3.63, 3.8) is 0 Å². The maximum atomic E-state index is 11.6. The van der Waals surface area contributed by atoms with Crippen LogP contribution >= 0.6 is 0 Å². The largest absolute Gasteiger partial charge is 0.352 e. The van der Waals surface area contributed by atoms with Gasteiger partial charge in [0.2, 0.25) is 0 Å². The minimum atomic E-state index is -0.172. The SMILES string of the molecule is C=C/C=c1/cc/c(=C/C(=C)C(=O)NCC)c(=C)c1=C.[HH]. The maximum Gasteiger partial charge on any atom is 0.250 e. The van der Waals surface area contributed by atoms with Gasteiger partial charge in [-0.15, -0.1) is 0 Å². The quantitative estimate of drug-likeness (QED) is 0.765. The number of carbonyl (C=O) groups excluding carboxylic acids is 1. The summed E-state index contributed by atoms with van der Waals surface area (Å²) in [6.07, 6.45) is 5.31. The van der Waals surface area contributed by atoms with Crippen LogP contribution in [-0.4, -0.2) is 12.5 Å². The molecule has 19 heavy (non-hydrogen) atoms. The molecule has 0 atom stereocenters. The van der Waals surface area contributed by atoms with Gasteiger partial charge in [0.25, 0.3) is 5.91 Å². The number of benzene rings is 1. The molecule has 0 heterocycles. The molecule has 0 fully saturated rings. The molecule has 0 aromatic heterocycles. The molecule has 2 nitrogen and oxygen atoms in total. The van der Waals surface area contributed by atoms with Crippen LogP contribution in [0.25, 0.3) is 25.3 Å². The van der Waals surface area contributed by atoms with Crippen LogP contribution in [0, 0.1) is 0 Å². The first-order valence-corrected chi connectivity index (χ1v) is 6.09. The van der Waals surface area contributed by atoms with Gasteiger partial charge in [-0.3, -0.25) is 4.79 Å². The molecule has 0 aliphatic heterocycles. The summed E-state index contributed by atoms with van der Waals surface area (Å²) in [6, 6.07) is 3.83. The summed E-state index contributed by atoms with van der Waals surface area (Å²) in [5, 5.41) is 6.15. The van der Waals surface area contributed by atoms with Gasteiger partial charge in [-0.1, -0.05) is 50.6 Å². The summed E-state index contributed by atoms with van der Waals surface area (Å²) in [7, 11) is 0. The van der Waals surface area contributed by atoms with Gasteiger partial charge in [0.05, 0.1) is 0 Å². The molecule has 1 aromatic rings. The predicted molar refractivity (Wildman–Crippen MR) is 85.1 cm³/mol. The monoisotopic (exact) mass is 255 g/mol. The van der Waals surface area contributed by atoms with E-state index in [1.54, 1.807) is 12.2 Å². The molecule has 0 bridgehead atoms. The molecule has 0 saturated carbocycles. The van der Waals surface area contributed by atoms with Crippen molar-refractivity contribution >= 4 is 31.2 Å². The Morgan fingerprint density at radius 1 is 1.32 bits per heavy atom. The van der Waals surface area contributed by atoms with Crippen molar-refractivity contribution in [2.24, 2.45) is 0 Å². The molecule has 0 aliphatic rings. The summed E-state index contributed by atoms with van der Waals surface area (Å²) in [5.41, 5.74) is 0.409. The van der Waals surface area contributed by atoms with E-state index in [0.29, 0.717) is 12.1 Å². The Kier molecular flexibility index (Phi) is 5.07. The molecule has 0 radical (unpaired) electrons. The van der Waals surface area contributed by atoms with Crippen molar-refractivity contribution in [3.05, 3.63) is 57.8 Å². The smallest absolute Gasteiger partial charge is 0.250 e. The number of hydrogen-bond donors (Lipinski definition) is 1. The fourth-order valence-electron chi connectivity index (χ4n) is 1.67. The molecule has 0 unspecified atom stereocenters. The van der Waals surface area contributed by atoms with E-state index in [2.05, 4.69) is 31.6 Å². The molecule has 1 aromatic carbocycles. The van der Waals surface area contributed by atoms with Crippen molar-refractivity contribution in [3.8, 4) is 0 Å². The lowest BCUT2D eigenvalue weighted by Crippen LogP contribution is -2.46. The first-order chi connectivity index (χ1) is 9.01. The highest BCUT2D eigenvalue weighted by Crippen LogP contribution is 1.90. The summed E-state index contributed by atoms with van der Waals surface area (Å²) in [4.78, 5) is 11.6. The Balaban J connectivity index is 0.00000361. The molecule has 0 spiro atoms. The number of amides is 1. The highest BCUT2D eigenvalue weighted by atomic mass is 16.1. The third-order valence-electron chi connectivity index (χ3n) is 2.76. The van der Waals surface area contributed by atoms with E-state index in [1.165, 1.54) is 0 Å². The molecule has 100 valence electrons. The lowest BCUT2D eigenvalue weighted by atomic mass is 10.1. The molecule has 1 amide bonds. The van der Waals surface area contributed by atoms with E-state index < -0.39 is 0 Å². The van der Waals surface area contributed by atoms with Crippen LogP contribution in [0.3, 0.4) is 0 Å². The summed E-state index contributed by atoms with van der Waals surface area (Å²) < 4.78 is 0. The minimum Gasteiger partial charge on any atom is -0.352 e. The zero-order valence-electron chi connectivity index (χ0n) is 11.3. The normalized spacial score (nSPS) is 12.3. The average Bonchev–Trinajstić information content (AvgIpc) is 2.38. The molecule has 1 rings (SSSR count). The second-order valence-corrected chi connectivity index (χ2v) is 4.13. The van der Waals surface area contributed by atoms with E-state index in [1.807, 2.05) is 25.1 Å². The van der Waals surface area contributed by atoms with E-state index in [9.17, 15) is 4.79 Å². The highest BCUT2D eigenvalue weighted by Gasteiger charge is 2.01. The predicted octanol–water partition coefficient (Wildman–Crippen LogP) is 0.193. The number of hydrogen-bond acceptors (Lipinski definition) is 1. The van der Waals surface area contributed by atoms with Crippen LogP contribution in [0.1, 0.15) is 8.35 Å². The molecule has 2 heteroatoms. The van der Waals surface area contributed by atoms with Gasteiger partial charge >= 0.3 is 0 Å². The van der Waals surface area contributed by atoms with Gasteiger partial charge in [0.15, 0.2) is 0 Å². The maximum absolute atomic E-state index is 11.6. The standard InChI is InChI=1S/C17H19NO.H2/c1-6-8-15-9-10-16(14(5)13(15)4)11-12(3)17(19)18-7-2;/h6,8-11H,1,3-5,7H2,2H3,(H,18,19);1H/b15-8-,16-11-;. The summed E-state index contributed by atoms with van der Waals surface area (Å²) in [5.74, 6) is -0.172. The van der Waals surface area contributed by atoms with Gasteiger partial charge in [0.1, 0.15) is 0 Å². The fraction of sp³-hybridized carbons (Fsp3) is 0.118. The third-order valence-corrected chi connectivity index (χ3v) is 2.76.